The number of halogens is 1. The van der Waals surface area contributed by atoms with Crippen LogP contribution in [-0.4, -0.2) is 41.0 Å². The summed E-state index contributed by atoms with van der Waals surface area (Å²) in [6.45, 7) is 1.30. The average Bonchev–Trinajstić information content (AvgIpc) is 2.79. The second kappa shape index (κ2) is 8.49. The van der Waals surface area contributed by atoms with Crippen LogP contribution in [0.2, 0.25) is 0 Å². The molecule has 1 aliphatic heterocycles. The van der Waals surface area contributed by atoms with E-state index in [9.17, 15) is 9.18 Å². The normalized spacial score (nSPS) is 14.5. The fourth-order valence-corrected chi connectivity index (χ4v) is 3.81. The lowest BCUT2D eigenvalue weighted by Crippen LogP contribution is -2.38. The van der Waals surface area contributed by atoms with Crippen molar-refractivity contribution < 1.29 is 13.9 Å². The van der Waals surface area contributed by atoms with Gasteiger partial charge in [-0.3, -0.25) is 9.78 Å². The smallest absolute Gasteiger partial charge is 0.272 e. The van der Waals surface area contributed by atoms with Gasteiger partial charge in [0, 0.05) is 37.1 Å². The van der Waals surface area contributed by atoms with Crippen LogP contribution in [-0.2, 0) is 0 Å². The maximum Gasteiger partial charge on any atom is 0.272 e. The molecule has 7 heteroatoms. The third-order valence-corrected chi connectivity index (χ3v) is 5.52. The maximum absolute atomic E-state index is 13.2. The Balaban J connectivity index is 1.47. The number of pyridine rings is 2. The first-order chi connectivity index (χ1) is 14.5. The van der Waals surface area contributed by atoms with Gasteiger partial charge in [-0.2, -0.15) is 0 Å². The van der Waals surface area contributed by atoms with Crippen molar-refractivity contribution in [2.45, 2.75) is 18.8 Å². The topological polar surface area (TPSA) is 81.3 Å². The molecule has 2 N–H and O–H groups in total. The largest absolute Gasteiger partial charge is 0.496 e. The molecule has 1 fully saturated rings. The molecule has 0 unspecified atom stereocenters. The molecule has 1 amide bonds. The summed E-state index contributed by atoms with van der Waals surface area (Å²) in [6, 6.07) is 11.6. The number of ether oxygens (including phenoxy) is 1. The van der Waals surface area contributed by atoms with Crippen molar-refractivity contribution in [3.63, 3.8) is 0 Å². The summed E-state index contributed by atoms with van der Waals surface area (Å²) >= 11 is 0. The first-order valence-corrected chi connectivity index (χ1v) is 9.86. The van der Waals surface area contributed by atoms with Crippen molar-refractivity contribution in [3.05, 3.63) is 71.9 Å². The average molecular weight is 406 g/mol. The van der Waals surface area contributed by atoms with Gasteiger partial charge >= 0.3 is 0 Å². The molecule has 1 aliphatic rings. The fourth-order valence-electron chi connectivity index (χ4n) is 3.81. The fraction of sp³-hybridized carbons (Fsp3) is 0.261. The second-order valence-corrected chi connectivity index (χ2v) is 7.36. The minimum Gasteiger partial charge on any atom is -0.496 e. The second-order valence-electron chi connectivity index (χ2n) is 7.36. The number of methoxy groups -OCH3 is 1. The first kappa shape index (κ1) is 19.8. The summed E-state index contributed by atoms with van der Waals surface area (Å²) in [5.74, 6) is 0.979. The highest BCUT2D eigenvalue weighted by atomic mass is 19.1. The first-order valence-electron chi connectivity index (χ1n) is 9.86. The lowest BCUT2D eigenvalue weighted by molar-refractivity contribution is 0.0706. The molecule has 4 rings (SSSR count). The predicted molar refractivity (Wildman–Crippen MR) is 113 cm³/mol. The van der Waals surface area contributed by atoms with E-state index in [2.05, 4.69) is 9.97 Å². The number of benzene rings is 1. The Bertz CT molecular complexity index is 1030. The highest BCUT2D eigenvalue weighted by Gasteiger charge is 2.26. The van der Waals surface area contributed by atoms with Crippen LogP contribution in [0.4, 0.5) is 10.2 Å². The van der Waals surface area contributed by atoms with Gasteiger partial charge in [-0.1, -0.05) is 18.2 Å². The van der Waals surface area contributed by atoms with E-state index >= 15 is 0 Å². The van der Waals surface area contributed by atoms with Crippen molar-refractivity contribution in [1.82, 2.24) is 14.9 Å². The number of hydrogen-bond acceptors (Lipinski definition) is 5. The van der Waals surface area contributed by atoms with Gasteiger partial charge in [-0.25, -0.2) is 9.37 Å². The highest BCUT2D eigenvalue weighted by molar-refractivity contribution is 5.93. The van der Waals surface area contributed by atoms with Gasteiger partial charge in [-0.15, -0.1) is 0 Å². The summed E-state index contributed by atoms with van der Waals surface area (Å²) < 4.78 is 18.7. The molecule has 30 heavy (non-hydrogen) atoms. The van der Waals surface area contributed by atoms with Crippen LogP contribution in [0.15, 0.2) is 54.9 Å². The quantitative estimate of drug-likeness (QED) is 0.711. The van der Waals surface area contributed by atoms with Gasteiger partial charge in [0.15, 0.2) is 0 Å². The zero-order valence-electron chi connectivity index (χ0n) is 16.7. The van der Waals surface area contributed by atoms with Gasteiger partial charge in [-0.05, 0) is 48.1 Å². The van der Waals surface area contributed by atoms with Crippen LogP contribution >= 0.6 is 0 Å². The van der Waals surface area contributed by atoms with Gasteiger partial charge in [0.05, 0.1) is 7.11 Å². The van der Waals surface area contributed by atoms with E-state index in [4.69, 9.17) is 10.5 Å². The van der Waals surface area contributed by atoms with Crippen LogP contribution in [0.1, 0.15) is 34.8 Å². The zero-order valence-corrected chi connectivity index (χ0v) is 16.7. The van der Waals surface area contributed by atoms with E-state index < -0.39 is 0 Å². The minimum atomic E-state index is -0.310. The lowest BCUT2D eigenvalue weighted by Gasteiger charge is -2.32. The number of rotatable bonds is 4. The number of nitrogen functional groups attached to an aromatic ring is 1. The molecule has 0 bridgehead atoms. The van der Waals surface area contributed by atoms with E-state index in [0.29, 0.717) is 41.8 Å². The molecule has 0 spiro atoms. The van der Waals surface area contributed by atoms with E-state index in [1.54, 1.807) is 31.5 Å². The maximum atomic E-state index is 13.2. The molecule has 0 saturated carbocycles. The van der Waals surface area contributed by atoms with Gasteiger partial charge in [0.25, 0.3) is 5.91 Å². The van der Waals surface area contributed by atoms with Crippen LogP contribution < -0.4 is 10.5 Å². The summed E-state index contributed by atoms with van der Waals surface area (Å²) in [5.41, 5.74) is 8.64. The molecule has 0 radical (unpaired) electrons. The van der Waals surface area contributed by atoms with E-state index in [-0.39, 0.29) is 11.7 Å². The van der Waals surface area contributed by atoms with Crippen LogP contribution in [0.3, 0.4) is 0 Å². The van der Waals surface area contributed by atoms with Gasteiger partial charge < -0.3 is 15.4 Å². The molecule has 2 aromatic heterocycles. The molecule has 1 saturated heterocycles. The Morgan fingerprint density at radius 1 is 1.10 bits per heavy atom. The van der Waals surface area contributed by atoms with Gasteiger partial charge in [0.2, 0.25) is 0 Å². The third-order valence-electron chi connectivity index (χ3n) is 5.52. The monoisotopic (exact) mass is 406 g/mol. The van der Waals surface area contributed by atoms with E-state index in [1.165, 1.54) is 12.1 Å². The number of carbonyl (C=O) groups is 1. The Labute approximate surface area is 174 Å². The van der Waals surface area contributed by atoms with Crippen molar-refractivity contribution >= 4 is 11.7 Å². The molecule has 154 valence electrons. The number of anilines is 1. The number of likely N-dealkylation sites (tertiary alicyclic amines) is 1. The molecule has 1 aromatic carbocycles. The summed E-state index contributed by atoms with van der Waals surface area (Å²) in [5, 5.41) is 0. The summed E-state index contributed by atoms with van der Waals surface area (Å²) in [7, 11) is 1.54. The number of nitrogens with zero attached hydrogens (tertiary/aromatic N) is 3. The van der Waals surface area contributed by atoms with Crippen molar-refractivity contribution in [2.75, 3.05) is 25.9 Å². The number of piperidine rings is 1. The molecule has 6 nitrogen and oxygen atoms in total. The van der Waals surface area contributed by atoms with Crippen LogP contribution in [0.25, 0.3) is 11.1 Å². The van der Waals surface area contributed by atoms with Crippen LogP contribution in [0, 0.1) is 5.82 Å². The molecular formula is C23H23FN4O2. The summed E-state index contributed by atoms with van der Waals surface area (Å²) in [4.78, 5) is 23.3. The standard InChI is InChI=1S/C23H23FN4O2/c1-30-21-12-20(26-14-19(21)16-2-5-18(24)6-3-16)23(29)28-10-8-15(9-11-28)17-4-7-22(25)27-13-17/h2-7,12-15H,8-11H2,1H3,(H2,25,27). The Hall–Kier alpha value is -3.48. The van der Waals surface area contributed by atoms with Crippen LogP contribution in [0.5, 0.6) is 5.75 Å². The summed E-state index contributed by atoms with van der Waals surface area (Å²) in [6.07, 6.45) is 5.15. The molecule has 3 aromatic rings. The number of nitrogens with two attached hydrogens (primary N) is 1. The van der Waals surface area contributed by atoms with Crippen molar-refractivity contribution in [1.29, 1.82) is 0 Å². The molecule has 3 heterocycles. The Morgan fingerprint density at radius 3 is 2.47 bits per heavy atom. The van der Waals surface area contributed by atoms with E-state index in [0.717, 1.165) is 24.0 Å². The highest BCUT2D eigenvalue weighted by Crippen LogP contribution is 2.32. The molecular weight excluding hydrogens is 383 g/mol. The number of amides is 1. The Kier molecular flexibility index (Phi) is 5.61. The third kappa shape index (κ3) is 4.10. The Morgan fingerprint density at radius 2 is 1.83 bits per heavy atom. The van der Waals surface area contributed by atoms with Crippen molar-refractivity contribution in [2.24, 2.45) is 0 Å². The lowest BCUT2D eigenvalue weighted by atomic mass is 9.90. The van der Waals surface area contributed by atoms with Gasteiger partial charge in [0.1, 0.15) is 23.1 Å². The minimum absolute atomic E-state index is 0.118. The number of carbonyl (C=O) groups excluding carboxylic acids is 1. The zero-order chi connectivity index (χ0) is 21.1. The number of hydrogen-bond donors (Lipinski definition) is 1. The predicted octanol–water partition coefficient (Wildman–Crippen LogP) is 3.89. The van der Waals surface area contributed by atoms with E-state index in [1.807, 2.05) is 23.2 Å². The van der Waals surface area contributed by atoms with Crippen molar-refractivity contribution in [3.8, 4) is 16.9 Å². The molecule has 0 aliphatic carbocycles. The number of aromatic nitrogens is 2. The SMILES string of the molecule is COc1cc(C(=O)N2CCC(c3ccc(N)nc3)CC2)ncc1-c1ccc(F)cc1. The molecule has 0 atom stereocenters.